The van der Waals surface area contributed by atoms with E-state index >= 15 is 0 Å². The van der Waals surface area contributed by atoms with E-state index in [9.17, 15) is 13.2 Å². The van der Waals surface area contributed by atoms with Crippen molar-refractivity contribution in [2.45, 2.75) is 29.8 Å². The fraction of sp³-hybridized carbons (Fsp3) is 0.304. The van der Waals surface area contributed by atoms with Crippen LogP contribution in [0.3, 0.4) is 0 Å². The van der Waals surface area contributed by atoms with Crippen LogP contribution in [-0.2, 0) is 21.2 Å². The first kappa shape index (κ1) is 22.6. The van der Waals surface area contributed by atoms with Crippen LogP contribution in [0.5, 0.6) is 0 Å². The van der Waals surface area contributed by atoms with Gasteiger partial charge in [-0.05, 0) is 55.2 Å². The van der Waals surface area contributed by atoms with Gasteiger partial charge >= 0.3 is 0 Å². The second kappa shape index (κ2) is 9.09. The van der Waals surface area contributed by atoms with Gasteiger partial charge in [0.05, 0.1) is 16.3 Å². The number of thioether (sulfide) groups is 1. The van der Waals surface area contributed by atoms with Gasteiger partial charge in [-0.25, -0.2) is 17.7 Å². The third-order valence-electron chi connectivity index (χ3n) is 5.56. The van der Waals surface area contributed by atoms with Gasteiger partial charge in [0.2, 0.25) is 15.9 Å². The minimum absolute atomic E-state index is 0.0153. The number of fused-ring (bicyclic) bond motifs is 1. The normalized spacial score (nSPS) is 13.9. The molecule has 2 aromatic carbocycles. The molecule has 2 heterocycles. The van der Waals surface area contributed by atoms with Gasteiger partial charge in [0.25, 0.3) is 0 Å². The van der Waals surface area contributed by atoms with E-state index in [0.717, 1.165) is 40.5 Å². The molecule has 1 aliphatic rings. The molecule has 0 bridgehead atoms. The molecule has 0 saturated carbocycles. The zero-order valence-electron chi connectivity index (χ0n) is 18.4. The molecule has 32 heavy (non-hydrogen) atoms. The molecule has 0 radical (unpaired) electrons. The molecule has 0 atom stereocenters. The van der Waals surface area contributed by atoms with Crippen molar-refractivity contribution in [3.63, 3.8) is 0 Å². The van der Waals surface area contributed by atoms with E-state index < -0.39 is 10.0 Å². The number of carbonyl (C=O) groups is 1. The minimum atomic E-state index is -3.51. The summed E-state index contributed by atoms with van der Waals surface area (Å²) >= 11 is 1.40. The van der Waals surface area contributed by atoms with Crippen LogP contribution in [-0.4, -0.2) is 54.6 Å². The molecule has 4 rings (SSSR count). The average molecular weight is 471 g/mol. The van der Waals surface area contributed by atoms with E-state index in [-0.39, 0.29) is 16.6 Å². The van der Waals surface area contributed by atoms with Crippen LogP contribution in [0, 0.1) is 6.92 Å². The van der Waals surface area contributed by atoms with E-state index in [4.69, 9.17) is 0 Å². The lowest BCUT2D eigenvalue weighted by molar-refractivity contribution is -0.116. The first-order valence-corrected chi connectivity index (χ1v) is 12.8. The summed E-state index contributed by atoms with van der Waals surface area (Å²) in [6.45, 7) is 2.67. The first-order valence-electron chi connectivity index (χ1n) is 10.4. The van der Waals surface area contributed by atoms with Gasteiger partial charge in [-0.2, -0.15) is 0 Å². The maximum Gasteiger partial charge on any atom is 0.242 e. The van der Waals surface area contributed by atoms with Gasteiger partial charge < -0.3 is 4.90 Å². The highest BCUT2D eigenvalue weighted by Crippen LogP contribution is 2.31. The number of hydrogen-bond acceptors (Lipinski definition) is 5. The molecular weight excluding hydrogens is 444 g/mol. The number of aryl methyl sites for hydroxylation is 2. The molecule has 3 aromatic rings. The molecule has 0 fully saturated rings. The first-order chi connectivity index (χ1) is 15.3. The second-order valence-corrected chi connectivity index (χ2v) is 11.0. The Morgan fingerprint density at radius 1 is 1.16 bits per heavy atom. The Balaban J connectivity index is 1.52. The van der Waals surface area contributed by atoms with Crippen LogP contribution >= 0.6 is 11.8 Å². The molecule has 1 aromatic heterocycles. The Morgan fingerprint density at radius 2 is 1.94 bits per heavy atom. The number of para-hydroxylation sites is 1. The van der Waals surface area contributed by atoms with E-state index in [1.807, 2.05) is 42.0 Å². The van der Waals surface area contributed by atoms with Crippen LogP contribution in [0.4, 0.5) is 5.69 Å². The molecule has 9 heteroatoms. The summed E-state index contributed by atoms with van der Waals surface area (Å²) in [6.07, 6.45) is 5.19. The maximum absolute atomic E-state index is 13.1. The van der Waals surface area contributed by atoms with Gasteiger partial charge in [-0.3, -0.25) is 9.36 Å². The number of amides is 1. The van der Waals surface area contributed by atoms with E-state index in [1.165, 1.54) is 30.2 Å². The van der Waals surface area contributed by atoms with Gasteiger partial charge in [-0.1, -0.05) is 30.0 Å². The molecule has 1 amide bonds. The SMILES string of the molecule is Cc1ccccc1-n1ccnc1SCC(=O)N1CCCc2cc(S(=O)(=O)N(C)C)ccc21. The van der Waals surface area contributed by atoms with Gasteiger partial charge in [0.1, 0.15) is 0 Å². The Bertz CT molecular complexity index is 1250. The zero-order chi connectivity index (χ0) is 22.9. The predicted octanol–water partition coefficient (Wildman–Crippen LogP) is 3.50. The summed E-state index contributed by atoms with van der Waals surface area (Å²) in [5, 5.41) is 0.761. The number of sulfonamides is 1. The van der Waals surface area contributed by atoms with Crippen molar-refractivity contribution in [3.05, 3.63) is 66.0 Å². The summed E-state index contributed by atoms with van der Waals surface area (Å²) in [7, 11) is -0.475. The molecule has 0 aliphatic carbocycles. The van der Waals surface area contributed by atoms with Gasteiger partial charge in [0.15, 0.2) is 5.16 Å². The summed E-state index contributed by atoms with van der Waals surface area (Å²) in [4.78, 5) is 19.6. The summed E-state index contributed by atoms with van der Waals surface area (Å²) in [5.41, 5.74) is 3.85. The molecule has 0 unspecified atom stereocenters. The highest BCUT2D eigenvalue weighted by atomic mass is 32.2. The highest BCUT2D eigenvalue weighted by molar-refractivity contribution is 7.99. The number of rotatable bonds is 6. The second-order valence-electron chi connectivity index (χ2n) is 7.88. The Morgan fingerprint density at radius 3 is 2.69 bits per heavy atom. The highest BCUT2D eigenvalue weighted by Gasteiger charge is 2.26. The molecule has 7 nitrogen and oxygen atoms in total. The van der Waals surface area contributed by atoms with Crippen molar-refractivity contribution in [1.29, 1.82) is 0 Å². The van der Waals surface area contributed by atoms with E-state index in [0.29, 0.717) is 6.54 Å². The summed E-state index contributed by atoms with van der Waals surface area (Å²) in [5.74, 6) is 0.235. The molecular formula is C23H26N4O3S2. The number of nitrogens with zero attached hydrogens (tertiary/aromatic N) is 4. The van der Waals surface area contributed by atoms with Crippen LogP contribution in [0.25, 0.3) is 5.69 Å². The smallest absolute Gasteiger partial charge is 0.242 e. The number of hydrogen-bond donors (Lipinski definition) is 0. The predicted molar refractivity (Wildman–Crippen MR) is 127 cm³/mol. The van der Waals surface area contributed by atoms with Gasteiger partial charge in [-0.15, -0.1) is 0 Å². The Hall–Kier alpha value is -2.62. The maximum atomic E-state index is 13.1. The monoisotopic (exact) mass is 470 g/mol. The van der Waals surface area contributed by atoms with E-state index in [2.05, 4.69) is 4.98 Å². The molecule has 0 spiro atoms. The number of aromatic nitrogens is 2. The lowest BCUT2D eigenvalue weighted by atomic mass is 10.0. The van der Waals surface area contributed by atoms with Crippen molar-refractivity contribution in [2.24, 2.45) is 0 Å². The number of benzene rings is 2. The third kappa shape index (κ3) is 4.32. The van der Waals surface area contributed by atoms with Crippen molar-refractivity contribution in [1.82, 2.24) is 13.9 Å². The van der Waals surface area contributed by atoms with Crippen LogP contribution in [0.1, 0.15) is 17.5 Å². The average Bonchev–Trinajstić information content (AvgIpc) is 3.25. The quantitative estimate of drug-likeness (QED) is 0.516. The van der Waals surface area contributed by atoms with E-state index in [1.54, 1.807) is 29.3 Å². The molecule has 1 aliphatic heterocycles. The largest absolute Gasteiger partial charge is 0.311 e. The van der Waals surface area contributed by atoms with Gasteiger partial charge in [0, 0.05) is 38.7 Å². The Kier molecular flexibility index (Phi) is 6.41. The number of anilines is 1. The molecule has 0 N–H and O–H groups in total. The van der Waals surface area contributed by atoms with Crippen molar-refractivity contribution in [2.75, 3.05) is 31.3 Å². The standard InChI is InChI=1S/C23H26N4O3S2/c1-17-7-4-5-9-20(17)27-14-12-24-23(27)31-16-22(28)26-13-6-8-18-15-19(10-11-21(18)26)32(29,30)25(2)3/h4-5,7,9-12,14-15H,6,8,13,16H2,1-3H3. The minimum Gasteiger partial charge on any atom is -0.311 e. The molecule has 0 saturated heterocycles. The zero-order valence-corrected chi connectivity index (χ0v) is 20.0. The topological polar surface area (TPSA) is 75.5 Å². The van der Waals surface area contributed by atoms with Crippen molar-refractivity contribution < 1.29 is 13.2 Å². The summed E-state index contributed by atoms with van der Waals surface area (Å²) < 4.78 is 28.1. The fourth-order valence-electron chi connectivity index (χ4n) is 3.82. The lowest BCUT2D eigenvalue weighted by Crippen LogP contribution is -2.37. The lowest BCUT2D eigenvalue weighted by Gasteiger charge is -2.30. The van der Waals surface area contributed by atoms with Crippen LogP contribution in [0.15, 0.2) is 64.9 Å². The number of imidazole rings is 1. The van der Waals surface area contributed by atoms with Crippen LogP contribution in [0.2, 0.25) is 0 Å². The van der Waals surface area contributed by atoms with Crippen molar-refractivity contribution >= 4 is 33.4 Å². The third-order valence-corrected chi connectivity index (χ3v) is 8.32. The fourth-order valence-corrected chi connectivity index (χ4v) is 5.62. The molecule has 168 valence electrons. The Labute approximate surface area is 193 Å². The number of carbonyl (C=O) groups excluding carboxylic acids is 1. The van der Waals surface area contributed by atoms with Crippen molar-refractivity contribution in [3.8, 4) is 5.69 Å². The van der Waals surface area contributed by atoms with Crippen LogP contribution < -0.4 is 4.90 Å². The summed E-state index contributed by atoms with van der Waals surface area (Å²) in [6, 6.07) is 13.1.